The van der Waals surface area contributed by atoms with E-state index in [9.17, 15) is 14.4 Å². The van der Waals surface area contributed by atoms with Gasteiger partial charge >= 0.3 is 11.9 Å². The molecule has 1 aliphatic rings. The van der Waals surface area contributed by atoms with Crippen LogP contribution in [-0.4, -0.2) is 59.1 Å². The third-order valence-corrected chi connectivity index (χ3v) is 5.94. The standard InChI is InChI=1S/C25H33NO2.C4H4O4/c1-4-9-24(27)22-11-7-10-21(17-22)23-18-25(20(3)16-19(23)2)28-15-8-14-26-12-5-6-13-26;5-3(6)1-2-4(7)8/h7,10-11,16-18H,4-6,8-9,12-15H2,1-3H3;1-2H,(H,5,6)(H,7,8)/b;2-1+. The highest BCUT2D eigenvalue weighted by atomic mass is 16.5. The molecule has 2 N–H and O–H groups in total. The summed E-state index contributed by atoms with van der Waals surface area (Å²) < 4.78 is 6.14. The second kappa shape index (κ2) is 14.8. The molecule has 2 aromatic carbocycles. The molecule has 0 amide bonds. The normalized spacial score (nSPS) is 13.3. The molecule has 0 radical (unpaired) electrons. The summed E-state index contributed by atoms with van der Waals surface area (Å²) in [6.07, 6.45) is 6.32. The molecule has 7 nitrogen and oxygen atoms in total. The predicted molar refractivity (Wildman–Crippen MR) is 141 cm³/mol. The van der Waals surface area contributed by atoms with Crippen molar-refractivity contribution < 1.29 is 29.3 Å². The monoisotopic (exact) mass is 495 g/mol. The van der Waals surface area contributed by atoms with Gasteiger partial charge in [-0.3, -0.25) is 4.79 Å². The van der Waals surface area contributed by atoms with Gasteiger partial charge in [0.1, 0.15) is 5.75 Å². The fourth-order valence-corrected chi connectivity index (χ4v) is 4.15. The van der Waals surface area contributed by atoms with E-state index in [1.165, 1.54) is 37.1 Å². The smallest absolute Gasteiger partial charge is 0.328 e. The minimum atomic E-state index is -1.26. The number of ketones is 1. The Bertz CT molecular complexity index is 1050. The van der Waals surface area contributed by atoms with Crippen molar-refractivity contribution in [3.05, 3.63) is 65.2 Å². The first-order valence-electron chi connectivity index (χ1n) is 12.4. The fraction of sp³-hybridized carbons (Fsp3) is 0.414. The molecule has 1 heterocycles. The molecule has 0 saturated carbocycles. The van der Waals surface area contributed by atoms with E-state index < -0.39 is 11.9 Å². The summed E-state index contributed by atoms with van der Waals surface area (Å²) in [4.78, 5) is 33.9. The van der Waals surface area contributed by atoms with Crippen LogP contribution in [0.1, 0.15) is 60.5 Å². The maximum atomic E-state index is 12.3. The van der Waals surface area contributed by atoms with Crippen molar-refractivity contribution in [1.29, 1.82) is 0 Å². The summed E-state index contributed by atoms with van der Waals surface area (Å²) in [5, 5.41) is 15.6. The van der Waals surface area contributed by atoms with Gasteiger partial charge < -0.3 is 19.8 Å². The first kappa shape index (κ1) is 28.8. The number of carbonyl (C=O) groups is 3. The maximum absolute atomic E-state index is 12.3. The van der Waals surface area contributed by atoms with Crippen LogP contribution in [0.4, 0.5) is 0 Å². The third-order valence-electron chi connectivity index (χ3n) is 5.94. The molecule has 0 spiro atoms. The number of carbonyl (C=O) groups excluding carboxylic acids is 1. The Morgan fingerprint density at radius 3 is 2.25 bits per heavy atom. The maximum Gasteiger partial charge on any atom is 0.328 e. The van der Waals surface area contributed by atoms with Gasteiger partial charge in [0.2, 0.25) is 0 Å². The van der Waals surface area contributed by atoms with Gasteiger partial charge in [-0.15, -0.1) is 0 Å². The molecule has 0 aliphatic carbocycles. The van der Waals surface area contributed by atoms with Crippen molar-refractivity contribution in [3.8, 4) is 16.9 Å². The molecule has 7 heteroatoms. The highest BCUT2D eigenvalue weighted by molar-refractivity contribution is 5.97. The quantitative estimate of drug-likeness (QED) is 0.240. The van der Waals surface area contributed by atoms with Gasteiger partial charge in [0.05, 0.1) is 6.61 Å². The SMILES string of the molecule is CCCC(=O)c1cccc(-c2cc(OCCCN3CCCC3)c(C)cc2C)c1.O=C(O)/C=C/C(=O)O. The van der Waals surface area contributed by atoms with E-state index in [1.54, 1.807) is 0 Å². The van der Waals surface area contributed by atoms with Crippen LogP contribution in [0.3, 0.4) is 0 Å². The van der Waals surface area contributed by atoms with Crippen LogP contribution in [0.5, 0.6) is 5.75 Å². The van der Waals surface area contributed by atoms with Crippen LogP contribution in [-0.2, 0) is 9.59 Å². The average Bonchev–Trinajstić information content (AvgIpc) is 3.36. The van der Waals surface area contributed by atoms with Gasteiger partial charge in [-0.25, -0.2) is 9.59 Å². The lowest BCUT2D eigenvalue weighted by Gasteiger charge is -2.17. The molecule has 1 fully saturated rings. The van der Waals surface area contributed by atoms with Crippen molar-refractivity contribution in [1.82, 2.24) is 4.90 Å². The first-order chi connectivity index (χ1) is 17.2. The Balaban J connectivity index is 0.000000493. The molecule has 0 atom stereocenters. The lowest BCUT2D eigenvalue weighted by molar-refractivity contribution is -0.134. The van der Waals surface area contributed by atoms with Gasteiger partial charge in [0, 0.05) is 30.7 Å². The predicted octanol–water partition coefficient (Wildman–Crippen LogP) is 5.53. The van der Waals surface area contributed by atoms with Crippen molar-refractivity contribution in [2.45, 2.75) is 52.9 Å². The van der Waals surface area contributed by atoms with E-state index in [1.807, 2.05) is 25.1 Å². The Morgan fingerprint density at radius 2 is 1.64 bits per heavy atom. The van der Waals surface area contributed by atoms with Crippen LogP contribution >= 0.6 is 0 Å². The van der Waals surface area contributed by atoms with E-state index in [0.717, 1.165) is 48.4 Å². The van der Waals surface area contributed by atoms with E-state index in [4.69, 9.17) is 14.9 Å². The zero-order valence-electron chi connectivity index (χ0n) is 21.5. The number of ether oxygens (including phenoxy) is 1. The molecule has 1 aliphatic heterocycles. The van der Waals surface area contributed by atoms with Gasteiger partial charge in [-0.1, -0.05) is 31.2 Å². The Morgan fingerprint density at radius 1 is 0.972 bits per heavy atom. The number of aliphatic carboxylic acids is 2. The molecule has 194 valence electrons. The van der Waals surface area contributed by atoms with Crippen molar-refractivity contribution in [3.63, 3.8) is 0 Å². The molecule has 0 unspecified atom stereocenters. The van der Waals surface area contributed by atoms with Gasteiger partial charge in [0.15, 0.2) is 5.78 Å². The van der Waals surface area contributed by atoms with E-state index in [0.29, 0.717) is 18.6 Å². The highest BCUT2D eigenvalue weighted by Crippen LogP contribution is 2.31. The summed E-state index contributed by atoms with van der Waals surface area (Å²) in [5.74, 6) is -1.35. The fourth-order valence-electron chi connectivity index (χ4n) is 4.15. The molecule has 0 bridgehead atoms. The number of hydrogen-bond acceptors (Lipinski definition) is 5. The Labute approximate surface area is 213 Å². The number of aryl methyl sites for hydroxylation is 2. The minimum Gasteiger partial charge on any atom is -0.493 e. The lowest BCUT2D eigenvalue weighted by atomic mass is 9.95. The number of carboxylic acid groups (broad SMARTS) is 2. The van der Waals surface area contributed by atoms with Gasteiger partial charge in [-0.2, -0.15) is 0 Å². The summed E-state index contributed by atoms with van der Waals surface area (Å²) in [6.45, 7) is 10.6. The van der Waals surface area contributed by atoms with Crippen LogP contribution in [0.2, 0.25) is 0 Å². The second-order valence-electron chi connectivity index (χ2n) is 8.95. The van der Waals surface area contributed by atoms with Crippen LogP contribution in [0.15, 0.2) is 48.6 Å². The Kier molecular flexibility index (Phi) is 11.9. The Hall–Kier alpha value is -3.45. The van der Waals surface area contributed by atoms with Crippen molar-refractivity contribution >= 4 is 17.7 Å². The summed E-state index contributed by atoms with van der Waals surface area (Å²) in [6, 6.07) is 12.3. The summed E-state index contributed by atoms with van der Waals surface area (Å²) >= 11 is 0. The summed E-state index contributed by atoms with van der Waals surface area (Å²) in [7, 11) is 0. The number of likely N-dealkylation sites (tertiary alicyclic amines) is 1. The zero-order chi connectivity index (χ0) is 26.5. The molecular formula is C29H37NO6. The number of nitrogens with zero attached hydrogens (tertiary/aromatic N) is 1. The van der Waals surface area contributed by atoms with E-state index in [-0.39, 0.29) is 5.78 Å². The second-order valence-corrected chi connectivity index (χ2v) is 8.95. The topological polar surface area (TPSA) is 104 Å². The largest absolute Gasteiger partial charge is 0.493 e. The number of carboxylic acids is 2. The molecule has 3 rings (SSSR count). The van der Waals surface area contributed by atoms with Crippen molar-refractivity contribution in [2.75, 3.05) is 26.2 Å². The molecule has 36 heavy (non-hydrogen) atoms. The average molecular weight is 496 g/mol. The lowest BCUT2D eigenvalue weighted by Crippen LogP contribution is -2.22. The van der Waals surface area contributed by atoms with Gasteiger partial charge in [0.25, 0.3) is 0 Å². The molecule has 0 aromatic heterocycles. The summed E-state index contributed by atoms with van der Waals surface area (Å²) in [5.41, 5.74) is 5.41. The van der Waals surface area contributed by atoms with Crippen LogP contribution < -0.4 is 4.74 Å². The van der Waals surface area contributed by atoms with Crippen LogP contribution in [0, 0.1) is 13.8 Å². The first-order valence-corrected chi connectivity index (χ1v) is 12.4. The number of rotatable bonds is 11. The van der Waals surface area contributed by atoms with E-state index in [2.05, 4.69) is 36.9 Å². The highest BCUT2D eigenvalue weighted by Gasteiger charge is 2.12. The van der Waals surface area contributed by atoms with Crippen molar-refractivity contribution in [2.24, 2.45) is 0 Å². The molecular weight excluding hydrogens is 458 g/mol. The van der Waals surface area contributed by atoms with Gasteiger partial charge in [-0.05, 0) is 87.0 Å². The minimum absolute atomic E-state index is 0.215. The molecule has 2 aromatic rings. The zero-order valence-corrected chi connectivity index (χ0v) is 21.5. The van der Waals surface area contributed by atoms with E-state index >= 15 is 0 Å². The number of hydrogen-bond donors (Lipinski definition) is 2. The molecule has 1 saturated heterocycles. The van der Waals surface area contributed by atoms with Crippen LogP contribution in [0.25, 0.3) is 11.1 Å². The number of benzene rings is 2. The third kappa shape index (κ3) is 9.66. The number of Topliss-reactive ketones (excluding diaryl/α,β-unsaturated/α-hetero) is 1.